The lowest BCUT2D eigenvalue weighted by Gasteiger charge is -2.29. The molecule has 3 aromatic rings. The van der Waals surface area contributed by atoms with E-state index in [-0.39, 0.29) is 11.7 Å². The van der Waals surface area contributed by atoms with Gasteiger partial charge in [-0.3, -0.25) is 0 Å². The highest BCUT2D eigenvalue weighted by Gasteiger charge is 2.31. The molecule has 0 spiro atoms. The maximum Gasteiger partial charge on any atom is 0.416 e. The average molecular weight is 403 g/mol. The Labute approximate surface area is 165 Å². The lowest BCUT2D eigenvalue weighted by atomic mass is 10.0. The van der Waals surface area contributed by atoms with Crippen LogP contribution in [0.15, 0.2) is 42.5 Å². The number of ether oxygens (including phenoxy) is 1. The van der Waals surface area contributed by atoms with Crippen molar-refractivity contribution in [2.24, 2.45) is 0 Å². The maximum absolute atomic E-state index is 12.9. The summed E-state index contributed by atoms with van der Waals surface area (Å²) >= 11 is 0. The van der Waals surface area contributed by atoms with Gasteiger partial charge in [-0.2, -0.15) is 13.2 Å². The van der Waals surface area contributed by atoms with E-state index in [9.17, 15) is 18.3 Å². The molecule has 4 rings (SSSR count). The van der Waals surface area contributed by atoms with Gasteiger partial charge in [0, 0.05) is 22.9 Å². The van der Waals surface area contributed by atoms with Gasteiger partial charge >= 0.3 is 6.18 Å². The number of rotatable bonds is 3. The number of likely N-dealkylation sites (N-methyl/N-ethyl adjacent to an activating group) is 1. The third-order valence-corrected chi connectivity index (χ3v) is 5.09. The first-order chi connectivity index (χ1) is 13.8. The SMILES string of the molecule is CN1CCCC(Oc2nnc(-c3ccc(C(F)(F)F)cc3O)c3ccccc23)C1. The van der Waals surface area contributed by atoms with Crippen LogP contribution in [0.1, 0.15) is 18.4 Å². The molecule has 1 atom stereocenters. The second-order valence-electron chi connectivity index (χ2n) is 7.27. The quantitative estimate of drug-likeness (QED) is 0.698. The minimum absolute atomic E-state index is 0.00298. The summed E-state index contributed by atoms with van der Waals surface area (Å²) in [6, 6.07) is 10.1. The molecule has 1 unspecified atom stereocenters. The number of halogens is 3. The van der Waals surface area contributed by atoms with Crippen LogP contribution in [0.5, 0.6) is 11.6 Å². The number of aromatic hydroxyl groups is 1. The highest BCUT2D eigenvalue weighted by atomic mass is 19.4. The molecule has 5 nitrogen and oxygen atoms in total. The van der Waals surface area contributed by atoms with Crippen molar-refractivity contribution in [2.75, 3.05) is 20.1 Å². The Morgan fingerprint density at radius 2 is 1.86 bits per heavy atom. The molecule has 0 aliphatic carbocycles. The summed E-state index contributed by atoms with van der Waals surface area (Å²) in [6.07, 6.45) is -2.59. The van der Waals surface area contributed by atoms with E-state index < -0.39 is 17.5 Å². The first kappa shape index (κ1) is 19.4. The first-order valence-electron chi connectivity index (χ1n) is 9.34. The molecule has 1 aliphatic rings. The van der Waals surface area contributed by atoms with Crippen molar-refractivity contribution in [3.8, 4) is 22.9 Å². The molecule has 1 N–H and O–H groups in total. The zero-order chi connectivity index (χ0) is 20.6. The van der Waals surface area contributed by atoms with Gasteiger partial charge in [-0.05, 0) is 50.7 Å². The van der Waals surface area contributed by atoms with Crippen LogP contribution < -0.4 is 4.74 Å². The molecule has 0 radical (unpaired) electrons. The molecule has 1 aromatic heterocycles. The fourth-order valence-electron chi connectivity index (χ4n) is 3.65. The van der Waals surface area contributed by atoms with Gasteiger partial charge in [0.1, 0.15) is 17.5 Å². The minimum Gasteiger partial charge on any atom is -0.507 e. The largest absolute Gasteiger partial charge is 0.507 e. The molecule has 1 saturated heterocycles. The Kier molecular flexibility index (Phi) is 5.04. The Morgan fingerprint density at radius 3 is 2.55 bits per heavy atom. The van der Waals surface area contributed by atoms with Crippen LogP contribution in [-0.4, -0.2) is 46.4 Å². The maximum atomic E-state index is 12.9. The summed E-state index contributed by atoms with van der Waals surface area (Å²) in [6.45, 7) is 1.82. The van der Waals surface area contributed by atoms with Crippen LogP contribution in [0.25, 0.3) is 22.0 Å². The number of aromatic nitrogens is 2. The van der Waals surface area contributed by atoms with Crippen molar-refractivity contribution in [1.82, 2.24) is 15.1 Å². The molecule has 8 heteroatoms. The van der Waals surface area contributed by atoms with E-state index in [1.807, 2.05) is 19.2 Å². The number of phenols is 1. The van der Waals surface area contributed by atoms with E-state index in [0.29, 0.717) is 28.4 Å². The van der Waals surface area contributed by atoms with E-state index >= 15 is 0 Å². The molecule has 2 aromatic carbocycles. The molecule has 29 heavy (non-hydrogen) atoms. The number of alkyl halides is 3. The van der Waals surface area contributed by atoms with Gasteiger partial charge in [0.05, 0.1) is 5.56 Å². The Morgan fingerprint density at radius 1 is 1.10 bits per heavy atom. The minimum atomic E-state index is -4.53. The summed E-state index contributed by atoms with van der Waals surface area (Å²) in [4.78, 5) is 2.19. The molecular formula is C21H20F3N3O2. The topological polar surface area (TPSA) is 58.5 Å². The third kappa shape index (κ3) is 3.98. The summed E-state index contributed by atoms with van der Waals surface area (Å²) in [5, 5.41) is 19.9. The van der Waals surface area contributed by atoms with Crippen LogP contribution in [0.2, 0.25) is 0 Å². The zero-order valence-electron chi connectivity index (χ0n) is 15.8. The number of hydrogen-bond acceptors (Lipinski definition) is 5. The van der Waals surface area contributed by atoms with Crippen LogP contribution in [-0.2, 0) is 6.18 Å². The third-order valence-electron chi connectivity index (χ3n) is 5.09. The molecule has 1 fully saturated rings. The Hall–Kier alpha value is -2.87. The molecule has 1 aliphatic heterocycles. The Balaban J connectivity index is 1.74. The van der Waals surface area contributed by atoms with Gasteiger partial charge in [0.2, 0.25) is 5.88 Å². The summed E-state index contributed by atoms with van der Waals surface area (Å²) in [5.41, 5.74) is -0.428. The number of phenolic OH excluding ortho intramolecular Hbond substituents is 1. The van der Waals surface area contributed by atoms with Crippen LogP contribution in [0.4, 0.5) is 13.2 Å². The van der Waals surface area contributed by atoms with Crippen LogP contribution in [0.3, 0.4) is 0 Å². The zero-order valence-corrected chi connectivity index (χ0v) is 15.8. The molecule has 152 valence electrons. The summed E-state index contributed by atoms with van der Waals surface area (Å²) in [7, 11) is 2.04. The van der Waals surface area contributed by atoms with Crippen LogP contribution in [0, 0.1) is 0 Å². The van der Waals surface area contributed by atoms with Crippen molar-refractivity contribution in [3.05, 3.63) is 48.0 Å². The van der Waals surface area contributed by atoms with Crippen LogP contribution >= 0.6 is 0 Å². The fraction of sp³-hybridized carbons (Fsp3) is 0.333. The van der Waals surface area contributed by atoms with Crippen molar-refractivity contribution in [1.29, 1.82) is 0 Å². The van der Waals surface area contributed by atoms with Gasteiger partial charge in [-0.25, -0.2) is 0 Å². The number of hydrogen-bond donors (Lipinski definition) is 1. The second kappa shape index (κ2) is 7.51. The van der Waals surface area contributed by atoms with E-state index in [1.54, 1.807) is 12.1 Å². The molecule has 0 bridgehead atoms. The summed E-state index contributed by atoms with van der Waals surface area (Å²) < 4.78 is 44.8. The predicted octanol–water partition coefficient (Wildman–Crippen LogP) is 4.49. The Bertz CT molecular complexity index is 1040. The standard InChI is InChI=1S/C21H20F3N3O2/c1-27-10-4-5-14(12-27)29-20-16-7-3-2-6-15(16)19(25-26-20)17-9-8-13(11-18(17)28)21(22,23)24/h2-3,6-9,11,14,28H,4-5,10,12H2,1H3. The predicted molar refractivity (Wildman–Crippen MR) is 103 cm³/mol. The lowest BCUT2D eigenvalue weighted by molar-refractivity contribution is -0.137. The summed E-state index contributed by atoms with van der Waals surface area (Å²) in [5.74, 6) is -0.113. The second-order valence-corrected chi connectivity index (χ2v) is 7.27. The number of fused-ring (bicyclic) bond motifs is 1. The van der Waals surface area contributed by atoms with Crippen molar-refractivity contribution in [2.45, 2.75) is 25.1 Å². The van der Waals surface area contributed by atoms with E-state index in [0.717, 1.165) is 32.0 Å². The van der Waals surface area contributed by atoms with Gasteiger partial charge in [0.25, 0.3) is 0 Å². The molecule has 0 saturated carbocycles. The highest BCUT2D eigenvalue weighted by molar-refractivity contribution is 5.98. The fourth-order valence-corrected chi connectivity index (χ4v) is 3.65. The number of nitrogens with zero attached hydrogens (tertiary/aromatic N) is 3. The van der Waals surface area contributed by atoms with Crippen molar-refractivity contribution < 1.29 is 23.0 Å². The normalized spacial score (nSPS) is 18.1. The highest BCUT2D eigenvalue weighted by Crippen LogP contribution is 2.39. The lowest BCUT2D eigenvalue weighted by Crippen LogP contribution is -2.38. The average Bonchev–Trinajstić information content (AvgIpc) is 2.68. The number of piperidine rings is 1. The molecule has 0 amide bonds. The van der Waals surface area contributed by atoms with Crippen molar-refractivity contribution >= 4 is 10.8 Å². The first-order valence-corrected chi connectivity index (χ1v) is 9.34. The molecular weight excluding hydrogens is 383 g/mol. The number of likely N-dealkylation sites (tertiary alicyclic amines) is 1. The monoisotopic (exact) mass is 403 g/mol. The van der Waals surface area contributed by atoms with Gasteiger partial charge in [0.15, 0.2) is 0 Å². The van der Waals surface area contributed by atoms with Gasteiger partial charge in [-0.15, -0.1) is 10.2 Å². The smallest absolute Gasteiger partial charge is 0.416 e. The van der Waals surface area contributed by atoms with Crippen molar-refractivity contribution in [3.63, 3.8) is 0 Å². The molecule has 2 heterocycles. The van der Waals surface area contributed by atoms with E-state index in [4.69, 9.17) is 4.74 Å². The van der Waals surface area contributed by atoms with E-state index in [2.05, 4.69) is 15.1 Å². The van der Waals surface area contributed by atoms with Gasteiger partial charge in [-0.1, -0.05) is 18.2 Å². The van der Waals surface area contributed by atoms with E-state index in [1.165, 1.54) is 6.07 Å². The number of benzene rings is 2. The van der Waals surface area contributed by atoms with Gasteiger partial charge < -0.3 is 14.7 Å².